The number of rotatable bonds is 3. The second-order valence-corrected chi connectivity index (χ2v) is 4.76. The Bertz CT molecular complexity index is 420. The minimum atomic E-state index is -0.351. The molecule has 94 valence electrons. The predicted octanol–water partition coefficient (Wildman–Crippen LogP) is 3.43. The van der Waals surface area contributed by atoms with Gasteiger partial charge in [-0.15, -0.1) is 0 Å². The third kappa shape index (κ3) is 2.60. The molecule has 0 fully saturated rings. The number of hydrogen-bond acceptors (Lipinski definition) is 3. The van der Waals surface area contributed by atoms with Crippen LogP contribution < -0.4 is 0 Å². The Balaban J connectivity index is 3.53. The van der Waals surface area contributed by atoms with Crippen molar-refractivity contribution < 1.29 is 14.6 Å². The molecule has 0 unspecified atom stereocenters. The van der Waals surface area contributed by atoms with Gasteiger partial charge in [0.15, 0.2) is 0 Å². The van der Waals surface area contributed by atoms with E-state index in [1.54, 1.807) is 12.1 Å². The van der Waals surface area contributed by atoms with Crippen LogP contribution in [-0.4, -0.2) is 18.2 Å². The molecule has 0 saturated carbocycles. The first kappa shape index (κ1) is 13.6. The summed E-state index contributed by atoms with van der Waals surface area (Å²) < 4.78 is 4.78. The summed E-state index contributed by atoms with van der Waals surface area (Å²) in [6.45, 7) is 8.02. The lowest BCUT2D eigenvalue weighted by Crippen LogP contribution is -2.10. The topological polar surface area (TPSA) is 46.5 Å². The molecule has 0 radical (unpaired) electrons. The van der Waals surface area contributed by atoms with Crippen molar-refractivity contribution in [2.45, 2.75) is 39.5 Å². The quantitative estimate of drug-likeness (QED) is 0.818. The molecule has 0 bridgehead atoms. The van der Waals surface area contributed by atoms with Gasteiger partial charge in [0.1, 0.15) is 5.75 Å². The number of phenolic OH excluding ortho intramolecular Hbond substituents is 1. The molecule has 17 heavy (non-hydrogen) atoms. The molecule has 1 aromatic rings. The van der Waals surface area contributed by atoms with Gasteiger partial charge in [-0.05, 0) is 29.5 Å². The fourth-order valence-corrected chi connectivity index (χ4v) is 2.14. The SMILES string of the molecule is COC(=O)c1ccc(O)c(C(C)C)c1C(C)C. The summed E-state index contributed by atoms with van der Waals surface area (Å²) in [5.74, 6) is 0.220. The molecule has 0 spiro atoms. The van der Waals surface area contributed by atoms with Crippen LogP contribution in [-0.2, 0) is 4.74 Å². The van der Waals surface area contributed by atoms with Crippen LogP contribution in [0.25, 0.3) is 0 Å². The highest BCUT2D eigenvalue weighted by molar-refractivity contribution is 5.92. The third-order valence-corrected chi connectivity index (χ3v) is 2.82. The van der Waals surface area contributed by atoms with Crippen molar-refractivity contribution in [1.82, 2.24) is 0 Å². The zero-order chi connectivity index (χ0) is 13.2. The molecule has 0 amide bonds. The van der Waals surface area contributed by atoms with E-state index in [0.717, 1.165) is 11.1 Å². The number of hydrogen-bond donors (Lipinski definition) is 1. The van der Waals surface area contributed by atoms with Gasteiger partial charge >= 0.3 is 5.97 Å². The van der Waals surface area contributed by atoms with Crippen LogP contribution >= 0.6 is 0 Å². The van der Waals surface area contributed by atoms with Crippen LogP contribution in [0.5, 0.6) is 5.75 Å². The Morgan fingerprint density at radius 3 is 2.06 bits per heavy atom. The average Bonchev–Trinajstić information content (AvgIpc) is 2.26. The number of methoxy groups -OCH3 is 1. The van der Waals surface area contributed by atoms with Gasteiger partial charge in [-0.25, -0.2) is 4.79 Å². The fraction of sp³-hybridized carbons (Fsp3) is 0.500. The standard InChI is InChI=1S/C14H20O3/c1-8(2)12-10(14(16)17-5)6-7-11(15)13(12)9(3)4/h6-9,15H,1-5H3. The number of esters is 1. The number of carbonyl (C=O) groups excluding carboxylic acids is 1. The molecule has 0 saturated heterocycles. The van der Waals surface area contributed by atoms with Crippen molar-refractivity contribution in [2.75, 3.05) is 7.11 Å². The lowest BCUT2D eigenvalue weighted by Gasteiger charge is -2.20. The predicted molar refractivity (Wildman–Crippen MR) is 67.6 cm³/mol. The fourth-order valence-electron chi connectivity index (χ4n) is 2.14. The molecule has 3 heteroatoms. The van der Waals surface area contributed by atoms with Gasteiger partial charge in [-0.2, -0.15) is 0 Å². The molecule has 0 aliphatic rings. The number of phenols is 1. The highest BCUT2D eigenvalue weighted by atomic mass is 16.5. The first-order valence-corrected chi connectivity index (χ1v) is 5.84. The summed E-state index contributed by atoms with van der Waals surface area (Å²) in [7, 11) is 1.37. The lowest BCUT2D eigenvalue weighted by atomic mass is 9.86. The van der Waals surface area contributed by atoms with Gasteiger partial charge in [0.25, 0.3) is 0 Å². The Kier molecular flexibility index (Phi) is 4.16. The summed E-state index contributed by atoms with van der Waals surface area (Å²) in [6.07, 6.45) is 0. The molecule has 3 nitrogen and oxygen atoms in total. The first-order valence-electron chi connectivity index (χ1n) is 5.84. The molecule has 0 heterocycles. The van der Waals surface area contributed by atoms with Gasteiger partial charge < -0.3 is 9.84 Å². The molecular formula is C14H20O3. The van der Waals surface area contributed by atoms with Gasteiger partial charge in [-0.3, -0.25) is 0 Å². The molecule has 0 aliphatic carbocycles. The number of benzene rings is 1. The lowest BCUT2D eigenvalue weighted by molar-refractivity contribution is 0.0599. The largest absolute Gasteiger partial charge is 0.508 e. The highest BCUT2D eigenvalue weighted by Crippen LogP contribution is 2.36. The second-order valence-electron chi connectivity index (χ2n) is 4.76. The van der Waals surface area contributed by atoms with E-state index in [-0.39, 0.29) is 23.6 Å². The van der Waals surface area contributed by atoms with Crippen LogP contribution in [0.4, 0.5) is 0 Å². The summed E-state index contributed by atoms with van der Waals surface area (Å²) in [5, 5.41) is 9.94. The number of aromatic hydroxyl groups is 1. The maximum Gasteiger partial charge on any atom is 0.338 e. The Morgan fingerprint density at radius 2 is 1.65 bits per heavy atom. The van der Waals surface area contributed by atoms with Crippen LogP contribution in [0, 0.1) is 0 Å². The van der Waals surface area contributed by atoms with Crippen LogP contribution in [0.3, 0.4) is 0 Å². The van der Waals surface area contributed by atoms with E-state index in [4.69, 9.17) is 4.74 Å². The molecule has 0 aromatic heterocycles. The molecule has 1 rings (SSSR count). The van der Waals surface area contributed by atoms with E-state index in [1.807, 2.05) is 27.7 Å². The van der Waals surface area contributed by atoms with E-state index in [0.29, 0.717) is 5.56 Å². The van der Waals surface area contributed by atoms with Gasteiger partial charge in [-0.1, -0.05) is 27.7 Å². The highest BCUT2D eigenvalue weighted by Gasteiger charge is 2.22. The molecule has 1 N–H and O–H groups in total. The van der Waals surface area contributed by atoms with E-state index in [2.05, 4.69) is 0 Å². The van der Waals surface area contributed by atoms with Crippen LogP contribution in [0.2, 0.25) is 0 Å². The minimum absolute atomic E-state index is 0.161. The first-order chi connectivity index (χ1) is 7.90. The second kappa shape index (κ2) is 5.21. The monoisotopic (exact) mass is 236 g/mol. The Morgan fingerprint density at radius 1 is 1.12 bits per heavy atom. The summed E-state index contributed by atoms with van der Waals surface area (Å²) in [4.78, 5) is 11.7. The maximum absolute atomic E-state index is 11.7. The summed E-state index contributed by atoms with van der Waals surface area (Å²) in [5.41, 5.74) is 2.26. The van der Waals surface area contributed by atoms with Crippen molar-refractivity contribution >= 4 is 5.97 Å². The zero-order valence-corrected chi connectivity index (χ0v) is 11.1. The van der Waals surface area contributed by atoms with E-state index in [1.165, 1.54) is 7.11 Å². The minimum Gasteiger partial charge on any atom is -0.508 e. The average molecular weight is 236 g/mol. The van der Waals surface area contributed by atoms with Gasteiger partial charge in [0, 0.05) is 5.56 Å². The van der Waals surface area contributed by atoms with Gasteiger partial charge in [0.05, 0.1) is 12.7 Å². The van der Waals surface area contributed by atoms with Crippen LogP contribution in [0.15, 0.2) is 12.1 Å². The molecule has 0 aliphatic heterocycles. The van der Waals surface area contributed by atoms with Crippen molar-refractivity contribution in [1.29, 1.82) is 0 Å². The van der Waals surface area contributed by atoms with E-state index >= 15 is 0 Å². The van der Waals surface area contributed by atoms with Crippen molar-refractivity contribution in [3.8, 4) is 5.75 Å². The van der Waals surface area contributed by atoms with Crippen molar-refractivity contribution in [2.24, 2.45) is 0 Å². The maximum atomic E-state index is 11.7. The third-order valence-electron chi connectivity index (χ3n) is 2.82. The summed E-state index contributed by atoms with van der Waals surface area (Å²) in [6, 6.07) is 3.19. The molecule has 0 atom stereocenters. The van der Waals surface area contributed by atoms with E-state index in [9.17, 15) is 9.90 Å². The molecule has 1 aromatic carbocycles. The number of carbonyl (C=O) groups is 1. The van der Waals surface area contributed by atoms with Crippen molar-refractivity contribution in [3.05, 3.63) is 28.8 Å². The normalized spacial score (nSPS) is 11.0. The summed E-state index contributed by atoms with van der Waals surface area (Å²) >= 11 is 0. The molecular weight excluding hydrogens is 216 g/mol. The number of ether oxygens (including phenoxy) is 1. The smallest absolute Gasteiger partial charge is 0.338 e. The zero-order valence-electron chi connectivity index (χ0n) is 11.1. The van der Waals surface area contributed by atoms with Gasteiger partial charge in [0.2, 0.25) is 0 Å². The Labute approximate surface area is 102 Å². The van der Waals surface area contributed by atoms with Crippen LogP contribution in [0.1, 0.15) is 61.0 Å². The van der Waals surface area contributed by atoms with Crippen molar-refractivity contribution in [3.63, 3.8) is 0 Å². The van der Waals surface area contributed by atoms with E-state index < -0.39 is 0 Å². The Hall–Kier alpha value is -1.51.